The number of benzene rings is 1. The number of halogens is 1. The first-order valence-corrected chi connectivity index (χ1v) is 6.87. The lowest BCUT2D eigenvalue weighted by Crippen LogP contribution is -2.27. The second-order valence-electron chi connectivity index (χ2n) is 5.02. The lowest BCUT2D eigenvalue weighted by atomic mass is 9.99. The predicted molar refractivity (Wildman–Crippen MR) is 75.9 cm³/mol. The Morgan fingerprint density at radius 2 is 2.20 bits per heavy atom. The van der Waals surface area contributed by atoms with E-state index in [1.54, 1.807) is 18.2 Å². The Labute approximate surface area is 122 Å². The maximum atomic E-state index is 11.4. The molecule has 1 saturated carbocycles. The first-order valence-electron chi connectivity index (χ1n) is 6.50. The van der Waals surface area contributed by atoms with Crippen LogP contribution >= 0.6 is 11.6 Å². The van der Waals surface area contributed by atoms with E-state index in [9.17, 15) is 9.59 Å². The summed E-state index contributed by atoms with van der Waals surface area (Å²) in [5.41, 5.74) is 6.37. The molecule has 1 aliphatic carbocycles. The van der Waals surface area contributed by atoms with E-state index in [4.69, 9.17) is 22.1 Å². The van der Waals surface area contributed by atoms with E-state index >= 15 is 0 Å². The van der Waals surface area contributed by atoms with E-state index in [1.807, 2.05) is 6.92 Å². The molecule has 108 valence electrons. The molecule has 0 bridgehead atoms. The second kappa shape index (κ2) is 6.13. The minimum Gasteiger partial charge on any atom is -0.449 e. The molecule has 5 nitrogen and oxygen atoms in total. The van der Waals surface area contributed by atoms with Gasteiger partial charge < -0.3 is 15.8 Å². The van der Waals surface area contributed by atoms with Crippen LogP contribution < -0.4 is 11.1 Å². The lowest BCUT2D eigenvalue weighted by Gasteiger charge is -2.14. The molecule has 2 rings (SSSR count). The molecule has 0 spiro atoms. The number of carbonyl (C=O) groups excluding carboxylic acids is 2. The van der Waals surface area contributed by atoms with Gasteiger partial charge in [-0.1, -0.05) is 24.6 Å². The van der Waals surface area contributed by atoms with E-state index < -0.39 is 12.0 Å². The molecule has 1 fully saturated rings. The van der Waals surface area contributed by atoms with Crippen molar-refractivity contribution in [3.8, 4) is 0 Å². The molecular weight excluding hydrogens is 280 g/mol. The maximum Gasteiger partial charge on any atom is 0.407 e. The molecule has 1 aliphatic rings. The number of hydrogen-bond donors (Lipinski definition) is 2. The van der Waals surface area contributed by atoms with Gasteiger partial charge in [0, 0.05) is 12.0 Å². The third-order valence-corrected chi connectivity index (χ3v) is 3.52. The topological polar surface area (TPSA) is 81.4 Å². The van der Waals surface area contributed by atoms with Crippen LogP contribution in [0.15, 0.2) is 18.2 Å². The van der Waals surface area contributed by atoms with E-state index in [2.05, 4.69) is 5.32 Å². The van der Waals surface area contributed by atoms with Crippen LogP contribution in [0, 0.1) is 0 Å². The summed E-state index contributed by atoms with van der Waals surface area (Å²) in [5.74, 6) is -0.619. The van der Waals surface area contributed by atoms with E-state index in [-0.39, 0.29) is 24.1 Å². The third-order valence-electron chi connectivity index (χ3n) is 3.19. The molecule has 6 heteroatoms. The molecule has 1 aromatic carbocycles. The fraction of sp³-hybridized carbons (Fsp3) is 0.429. The van der Waals surface area contributed by atoms with Gasteiger partial charge in [-0.2, -0.15) is 0 Å². The van der Waals surface area contributed by atoms with Crippen LogP contribution in [0.5, 0.6) is 0 Å². The van der Waals surface area contributed by atoms with Gasteiger partial charge in [-0.15, -0.1) is 0 Å². The Hall–Kier alpha value is -1.75. The monoisotopic (exact) mass is 296 g/mol. The predicted octanol–water partition coefficient (Wildman–Crippen LogP) is 2.43. The van der Waals surface area contributed by atoms with Gasteiger partial charge in [-0.25, -0.2) is 4.79 Å². The molecule has 0 aliphatic heterocycles. The molecular formula is C14H17ClN2O3. The number of primary amides is 1. The number of hydrogen-bond acceptors (Lipinski definition) is 3. The summed E-state index contributed by atoms with van der Waals surface area (Å²) in [6.07, 6.45) is 1.64. The highest BCUT2D eigenvalue weighted by molar-refractivity contribution is 6.33. The van der Waals surface area contributed by atoms with Crippen LogP contribution in [0.1, 0.15) is 41.6 Å². The van der Waals surface area contributed by atoms with E-state index in [0.29, 0.717) is 5.02 Å². The van der Waals surface area contributed by atoms with E-state index in [1.165, 1.54) is 0 Å². The van der Waals surface area contributed by atoms with Gasteiger partial charge in [-0.05, 0) is 30.5 Å². The SMILES string of the molecule is C[C@H](COC(=O)NC1CC1)c1ccc(Cl)c(C(N)=O)c1. The van der Waals surface area contributed by atoms with Gasteiger partial charge in [0.05, 0.1) is 17.2 Å². The van der Waals surface area contributed by atoms with Crippen molar-refractivity contribution in [2.75, 3.05) is 6.61 Å². The smallest absolute Gasteiger partial charge is 0.407 e. The molecule has 0 aromatic heterocycles. The fourth-order valence-electron chi connectivity index (χ4n) is 1.77. The average molecular weight is 297 g/mol. The van der Waals surface area contributed by atoms with Gasteiger partial charge in [-0.3, -0.25) is 4.79 Å². The van der Waals surface area contributed by atoms with Crippen molar-refractivity contribution in [1.82, 2.24) is 5.32 Å². The average Bonchev–Trinajstić information content (AvgIpc) is 3.20. The van der Waals surface area contributed by atoms with Crippen LogP contribution in [0.25, 0.3) is 0 Å². The standard InChI is InChI=1S/C14H17ClN2O3/c1-8(7-20-14(19)17-10-3-4-10)9-2-5-12(15)11(6-9)13(16)18/h2,5-6,8,10H,3-4,7H2,1H3,(H2,16,18)(H,17,19)/t8-/m1/s1. The second-order valence-corrected chi connectivity index (χ2v) is 5.43. The van der Waals surface area contributed by atoms with Crippen molar-refractivity contribution < 1.29 is 14.3 Å². The Morgan fingerprint density at radius 3 is 2.80 bits per heavy atom. The van der Waals surface area contributed by atoms with Gasteiger partial charge in [0.25, 0.3) is 0 Å². The molecule has 0 saturated heterocycles. The van der Waals surface area contributed by atoms with Crippen molar-refractivity contribution in [1.29, 1.82) is 0 Å². The van der Waals surface area contributed by atoms with Crippen molar-refractivity contribution in [2.45, 2.75) is 31.7 Å². The Bertz CT molecular complexity index is 529. The minimum absolute atomic E-state index is 0.0460. The number of ether oxygens (including phenoxy) is 1. The van der Waals surface area contributed by atoms with Crippen molar-refractivity contribution in [2.24, 2.45) is 5.73 Å². The lowest BCUT2D eigenvalue weighted by molar-refractivity contribution is 0.1000. The number of amides is 2. The summed E-state index contributed by atoms with van der Waals surface area (Å²) in [6.45, 7) is 2.14. The highest BCUT2D eigenvalue weighted by Gasteiger charge is 2.24. The zero-order valence-corrected chi connectivity index (χ0v) is 11.9. The zero-order chi connectivity index (χ0) is 14.7. The summed E-state index contributed by atoms with van der Waals surface area (Å²) < 4.78 is 5.14. The number of rotatable bonds is 5. The van der Waals surface area contributed by atoms with E-state index in [0.717, 1.165) is 18.4 Å². The van der Waals surface area contributed by atoms with Crippen LogP contribution in [-0.2, 0) is 4.74 Å². The summed E-state index contributed by atoms with van der Waals surface area (Å²) >= 11 is 5.89. The molecule has 0 radical (unpaired) electrons. The van der Waals surface area contributed by atoms with Crippen LogP contribution in [0.2, 0.25) is 5.02 Å². The molecule has 1 atom stereocenters. The van der Waals surface area contributed by atoms with Crippen LogP contribution in [0.4, 0.5) is 4.79 Å². The summed E-state index contributed by atoms with van der Waals surface area (Å²) in [5, 5.41) is 3.06. The normalized spacial score (nSPS) is 15.5. The van der Waals surface area contributed by atoms with Gasteiger partial charge >= 0.3 is 6.09 Å². The first kappa shape index (κ1) is 14.7. The number of carbonyl (C=O) groups is 2. The van der Waals surface area contributed by atoms with Crippen molar-refractivity contribution >= 4 is 23.6 Å². The highest BCUT2D eigenvalue weighted by atomic mass is 35.5. The third kappa shape index (κ3) is 3.87. The van der Waals surface area contributed by atoms with Gasteiger partial charge in [0.2, 0.25) is 5.91 Å². The molecule has 3 N–H and O–H groups in total. The largest absolute Gasteiger partial charge is 0.449 e. The van der Waals surface area contributed by atoms with Gasteiger partial charge in [0.1, 0.15) is 0 Å². The maximum absolute atomic E-state index is 11.4. The Morgan fingerprint density at radius 1 is 1.50 bits per heavy atom. The molecule has 2 amide bonds. The first-order chi connectivity index (χ1) is 9.47. The molecule has 0 unspecified atom stereocenters. The molecule has 1 aromatic rings. The molecule has 20 heavy (non-hydrogen) atoms. The van der Waals surface area contributed by atoms with Crippen molar-refractivity contribution in [3.63, 3.8) is 0 Å². The molecule has 0 heterocycles. The number of alkyl carbamates (subject to hydrolysis) is 1. The Balaban J connectivity index is 1.94. The number of nitrogens with one attached hydrogen (secondary N) is 1. The summed E-state index contributed by atoms with van der Waals surface area (Å²) in [7, 11) is 0. The number of nitrogens with two attached hydrogens (primary N) is 1. The quantitative estimate of drug-likeness (QED) is 0.875. The van der Waals surface area contributed by atoms with Crippen molar-refractivity contribution in [3.05, 3.63) is 34.3 Å². The highest BCUT2D eigenvalue weighted by Crippen LogP contribution is 2.23. The summed E-state index contributed by atoms with van der Waals surface area (Å²) in [4.78, 5) is 22.7. The van der Waals surface area contributed by atoms with Crippen LogP contribution in [0.3, 0.4) is 0 Å². The van der Waals surface area contributed by atoms with Crippen LogP contribution in [-0.4, -0.2) is 24.6 Å². The summed E-state index contributed by atoms with van der Waals surface area (Å²) in [6, 6.07) is 5.33. The van der Waals surface area contributed by atoms with Gasteiger partial charge in [0.15, 0.2) is 0 Å². The minimum atomic E-state index is -0.573. The fourth-order valence-corrected chi connectivity index (χ4v) is 1.98. The Kier molecular flexibility index (Phi) is 4.49. The zero-order valence-electron chi connectivity index (χ0n) is 11.2.